The van der Waals surface area contributed by atoms with E-state index in [2.05, 4.69) is 10.1 Å². The number of hydrogen-bond acceptors (Lipinski definition) is 6. The predicted octanol–water partition coefficient (Wildman–Crippen LogP) is 3.21. The fourth-order valence-corrected chi connectivity index (χ4v) is 3.13. The van der Waals surface area contributed by atoms with Crippen LogP contribution in [0.2, 0.25) is 5.02 Å². The van der Waals surface area contributed by atoms with Crippen LogP contribution in [0.3, 0.4) is 0 Å². The van der Waals surface area contributed by atoms with Gasteiger partial charge in [0.25, 0.3) is 5.91 Å². The van der Waals surface area contributed by atoms with Crippen LogP contribution in [0.25, 0.3) is 0 Å². The molecule has 6 nitrogen and oxygen atoms in total. The Kier molecular flexibility index (Phi) is 4.40. The normalized spacial score (nSPS) is 12.6. The van der Waals surface area contributed by atoms with Crippen molar-refractivity contribution in [2.24, 2.45) is 0 Å². The van der Waals surface area contributed by atoms with E-state index in [-0.39, 0.29) is 0 Å². The van der Waals surface area contributed by atoms with E-state index < -0.39 is 11.9 Å². The topological polar surface area (TPSA) is 73.9 Å². The van der Waals surface area contributed by atoms with Crippen molar-refractivity contribution in [1.82, 2.24) is 0 Å². The Morgan fingerprint density at radius 2 is 2.09 bits per heavy atom. The van der Waals surface area contributed by atoms with Crippen LogP contribution in [0.4, 0.5) is 5.00 Å². The summed E-state index contributed by atoms with van der Waals surface area (Å²) in [6.07, 6.45) is 0. The van der Waals surface area contributed by atoms with Crippen LogP contribution >= 0.6 is 22.9 Å². The summed E-state index contributed by atoms with van der Waals surface area (Å²) >= 11 is 7.35. The molecule has 0 fully saturated rings. The van der Waals surface area contributed by atoms with E-state index >= 15 is 0 Å². The van der Waals surface area contributed by atoms with Gasteiger partial charge in [0.15, 0.2) is 11.5 Å². The van der Waals surface area contributed by atoms with E-state index in [0.717, 1.165) is 0 Å². The minimum Gasteiger partial charge on any atom is -0.486 e. The maximum absolute atomic E-state index is 12.4. The third-order valence-corrected chi connectivity index (χ3v) is 4.27. The van der Waals surface area contributed by atoms with Crippen molar-refractivity contribution in [1.29, 1.82) is 0 Å². The number of thiophene rings is 1. The molecule has 0 atom stereocenters. The third kappa shape index (κ3) is 3.11. The Morgan fingerprint density at radius 3 is 2.87 bits per heavy atom. The van der Waals surface area contributed by atoms with E-state index in [9.17, 15) is 9.59 Å². The van der Waals surface area contributed by atoms with Gasteiger partial charge in [-0.15, -0.1) is 11.3 Å². The molecule has 1 aliphatic rings. The molecule has 1 aromatic carbocycles. The highest BCUT2D eigenvalue weighted by atomic mass is 35.5. The quantitative estimate of drug-likeness (QED) is 0.858. The fraction of sp³-hybridized carbons (Fsp3) is 0.200. The number of halogens is 1. The molecule has 1 N–H and O–H groups in total. The van der Waals surface area contributed by atoms with Gasteiger partial charge in [0.2, 0.25) is 0 Å². The van der Waals surface area contributed by atoms with Gasteiger partial charge in [0, 0.05) is 5.56 Å². The van der Waals surface area contributed by atoms with Gasteiger partial charge < -0.3 is 19.5 Å². The molecule has 0 saturated heterocycles. The number of rotatable bonds is 3. The molecule has 2 heterocycles. The Morgan fingerprint density at radius 1 is 1.30 bits per heavy atom. The molecule has 2 aromatic rings. The van der Waals surface area contributed by atoms with Gasteiger partial charge in [0.05, 0.1) is 17.7 Å². The molecule has 0 spiro atoms. The molecule has 0 bridgehead atoms. The fourth-order valence-electron chi connectivity index (χ4n) is 2.09. The molecule has 1 amide bonds. The first-order valence-electron chi connectivity index (χ1n) is 6.66. The first-order valence-corrected chi connectivity index (χ1v) is 7.92. The van der Waals surface area contributed by atoms with Crippen LogP contribution in [0.1, 0.15) is 20.7 Å². The second-order valence-electron chi connectivity index (χ2n) is 4.59. The smallest absolute Gasteiger partial charge is 0.340 e. The van der Waals surface area contributed by atoms with E-state index in [1.807, 2.05) is 0 Å². The number of amides is 1. The SMILES string of the molecule is COC(=O)c1ccsc1NC(=O)c1cc(Cl)c2c(c1)OCCO2. The second-order valence-corrected chi connectivity index (χ2v) is 5.91. The molecule has 23 heavy (non-hydrogen) atoms. The highest BCUT2D eigenvalue weighted by molar-refractivity contribution is 7.14. The zero-order chi connectivity index (χ0) is 16.4. The van der Waals surface area contributed by atoms with Crippen molar-refractivity contribution in [3.63, 3.8) is 0 Å². The number of anilines is 1. The average molecular weight is 354 g/mol. The number of ether oxygens (including phenoxy) is 3. The second kappa shape index (κ2) is 6.47. The Balaban J connectivity index is 1.86. The lowest BCUT2D eigenvalue weighted by atomic mass is 10.1. The molecule has 0 saturated carbocycles. The number of hydrogen-bond donors (Lipinski definition) is 1. The maximum atomic E-state index is 12.4. The first-order chi connectivity index (χ1) is 11.1. The number of carbonyl (C=O) groups excluding carboxylic acids is 2. The lowest BCUT2D eigenvalue weighted by Gasteiger charge is -2.20. The Labute approximate surface area is 140 Å². The number of esters is 1. The summed E-state index contributed by atoms with van der Waals surface area (Å²) in [5, 5.41) is 5.08. The summed E-state index contributed by atoms with van der Waals surface area (Å²) in [6, 6.07) is 4.64. The van der Waals surface area contributed by atoms with Crippen molar-refractivity contribution in [2.45, 2.75) is 0 Å². The minimum atomic E-state index is -0.512. The van der Waals surface area contributed by atoms with Gasteiger partial charge in [-0.05, 0) is 23.6 Å². The van der Waals surface area contributed by atoms with Gasteiger partial charge in [-0.3, -0.25) is 4.79 Å². The minimum absolute atomic E-state index is 0.298. The number of methoxy groups -OCH3 is 1. The average Bonchev–Trinajstić information content (AvgIpc) is 3.02. The number of nitrogens with one attached hydrogen (secondary N) is 1. The standard InChI is InChI=1S/C15H12ClNO5S/c1-20-15(19)9-2-5-23-14(9)17-13(18)8-6-10(16)12-11(7-8)21-3-4-22-12/h2,5-7H,3-4H2,1H3,(H,17,18). The molecule has 120 valence electrons. The van der Waals surface area contributed by atoms with Gasteiger partial charge in [-0.2, -0.15) is 0 Å². The summed E-state index contributed by atoms with van der Waals surface area (Å²) in [5.74, 6) is -0.0626. The van der Waals surface area contributed by atoms with E-state index in [1.54, 1.807) is 17.5 Å². The zero-order valence-electron chi connectivity index (χ0n) is 12.1. The predicted molar refractivity (Wildman–Crippen MR) is 86.1 cm³/mol. The Bertz CT molecular complexity index is 773. The van der Waals surface area contributed by atoms with Crippen LogP contribution in [0, 0.1) is 0 Å². The number of carbonyl (C=O) groups is 2. The molecule has 0 aliphatic carbocycles. The maximum Gasteiger partial charge on any atom is 0.340 e. The van der Waals surface area contributed by atoms with Gasteiger partial charge in [-0.25, -0.2) is 4.79 Å². The lowest BCUT2D eigenvalue weighted by molar-refractivity contribution is 0.0602. The van der Waals surface area contributed by atoms with Gasteiger partial charge >= 0.3 is 5.97 Å². The summed E-state index contributed by atoms with van der Waals surface area (Å²) < 4.78 is 15.5. The van der Waals surface area contributed by atoms with Crippen molar-refractivity contribution >= 4 is 39.8 Å². The van der Waals surface area contributed by atoms with Crippen LogP contribution in [0.5, 0.6) is 11.5 Å². The number of fused-ring (bicyclic) bond motifs is 1. The molecule has 3 rings (SSSR count). The summed E-state index contributed by atoms with van der Waals surface area (Å²) in [4.78, 5) is 24.0. The molecule has 1 aromatic heterocycles. The Hall–Kier alpha value is -2.25. The summed E-state index contributed by atoms with van der Waals surface area (Å²) in [7, 11) is 1.28. The van der Waals surface area contributed by atoms with Crippen LogP contribution in [-0.4, -0.2) is 32.2 Å². The zero-order valence-corrected chi connectivity index (χ0v) is 13.6. The molecule has 8 heteroatoms. The number of benzene rings is 1. The van der Waals surface area contributed by atoms with E-state index in [4.69, 9.17) is 21.1 Å². The van der Waals surface area contributed by atoms with Crippen LogP contribution in [0.15, 0.2) is 23.6 Å². The van der Waals surface area contributed by atoms with Gasteiger partial charge in [0.1, 0.15) is 18.2 Å². The van der Waals surface area contributed by atoms with Crippen molar-refractivity contribution in [3.8, 4) is 11.5 Å². The van der Waals surface area contributed by atoms with Crippen LogP contribution < -0.4 is 14.8 Å². The van der Waals surface area contributed by atoms with Crippen molar-refractivity contribution < 1.29 is 23.8 Å². The molecule has 0 radical (unpaired) electrons. The molecular weight excluding hydrogens is 342 g/mol. The van der Waals surface area contributed by atoms with Gasteiger partial charge in [-0.1, -0.05) is 11.6 Å². The van der Waals surface area contributed by atoms with E-state index in [0.29, 0.717) is 45.9 Å². The monoisotopic (exact) mass is 353 g/mol. The highest BCUT2D eigenvalue weighted by Gasteiger charge is 2.21. The lowest BCUT2D eigenvalue weighted by Crippen LogP contribution is -2.18. The molecule has 1 aliphatic heterocycles. The third-order valence-electron chi connectivity index (χ3n) is 3.16. The first kappa shape index (κ1) is 15.6. The van der Waals surface area contributed by atoms with E-state index in [1.165, 1.54) is 24.5 Å². The summed E-state index contributed by atoms with van der Waals surface area (Å²) in [6.45, 7) is 0.807. The highest BCUT2D eigenvalue weighted by Crippen LogP contribution is 2.38. The van der Waals surface area contributed by atoms with Crippen molar-refractivity contribution in [2.75, 3.05) is 25.6 Å². The molecular formula is C15H12ClNO5S. The summed E-state index contributed by atoms with van der Waals surface area (Å²) in [5.41, 5.74) is 0.609. The van der Waals surface area contributed by atoms with Crippen molar-refractivity contribution in [3.05, 3.63) is 39.7 Å². The molecule has 0 unspecified atom stereocenters. The van der Waals surface area contributed by atoms with Crippen LogP contribution in [-0.2, 0) is 4.74 Å². The largest absolute Gasteiger partial charge is 0.486 e.